The second kappa shape index (κ2) is 19.2. The van der Waals surface area contributed by atoms with E-state index in [9.17, 15) is 39.1 Å². The van der Waals surface area contributed by atoms with Crippen molar-refractivity contribution in [2.75, 3.05) is 13.3 Å². The van der Waals surface area contributed by atoms with E-state index in [1.165, 1.54) is 24.3 Å². The third kappa shape index (κ3) is 12.9. The van der Waals surface area contributed by atoms with E-state index in [-0.39, 0.29) is 42.5 Å². The molecule has 0 radical (unpaired) electrons. The number of amides is 4. The van der Waals surface area contributed by atoms with Crippen LogP contribution in [0.3, 0.4) is 0 Å². The average Bonchev–Trinajstić information content (AvgIpc) is 3.53. The molecule has 0 bridgehead atoms. The number of carbonyl (C=O) groups is 6. The van der Waals surface area contributed by atoms with E-state index in [1.54, 1.807) is 40.7 Å². The predicted molar refractivity (Wildman–Crippen MR) is 177 cm³/mol. The lowest BCUT2D eigenvalue weighted by atomic mass is 9.90. The lowest BCUT2D eigenvalue weighted by molar-refractivity contribution is -0.168. The summed E-state index contributed by atoms with van der Waals surface area (Å²) in [6, 6.07) is 5.14. The van der Waals surface area contributed by atoms with E-state index in [4.69, 9.17) is 13.9 Å². The van der Waals surface area contributed by atoms with E-state index in [2.05, 4.69) is 16.0 Å². The minimum atomic E-state index is -1.46. The molecule has 0 aliphatic carbocycles. The van der Waals surface area contributed by atoms with Gasteiger partial charge in [0.2, 0.25) is 12.3 Å². The smallest absolute Gasteiger partial charge is 0.329 e. The summed E-state index contributed by atoms with van der Waals surface area (Å²) in [5.74, 6) is -4.39. The van der Waals surface area contributed by atoms with Gasteiger partial charge in [-0.05, 0) is 70.9 Å². The summed E-state index contributed by atoms with van der Waals surface area (Å²) < 4.78 is 16.6. The van der Waals surface area contributed by atoms with Crippen LogP contribution in [0.1, 0.15) is 101 Å². The molecule has 1 heterocycles. The molecule has 3 atom stereocenters. The van der Waals surface area contributed by atoms with Crippen molar-refractivity contribution < 1.29 is 53.0 Å². The molecule has 0 fully saturated rings. The number of carboxylic acid groups (broad SMARTS) is 1. The van der Waals surface area contributed by atoms with E-state index in [1.807, 2.05) is 6.92 Å². The van der Waals surface area contributed by atoms with Gasteiger partial charge in [0.25, 0.3) is 11.8 Å². The molecular weight excluding hydrogens is 640 g/mol. The van der Waals surface area contributed by atoms with Crippen molar-refractivity contribution >= 4 is 36.1 Å². The zero-order valence-corrected chi connectivity index (χ0v) is 28.9. The molecule has 0 spiro atoms. The number of esters is 1. The summed E-state index contributed by atoms with van der Waals surface area (Å²) >= 11 is 0. The molecule has 5 N–H and O–H groups in total. The number of hydrogen-bond acceptors (Lipinski definition) is 10. The van der Waals surface area contributed by atoms with Crippen LogP contribution in [-0.2, 0) is 23.9 Å². The van der Waals surface area contributed by atoms with E-state index in [0.29, 0.717) is 23.5 Å². The number of furan rings is 1. The SMILES string of the molecule is CCCCCC(C(=O)NCNC(=O)c1ccc(-c2cc(OCC)cc(C(=O)NC(CC(=O)O)C(=O)OC(C)(C)C)c2)o1)C(CC)N(O)C=O. The van der Waals surface area contributed by atoms with Crippen LogP contribution in [0.5, 0.6) is 5.75 Å². The molecule has 0 saturated carbocycles. The van der Waals surface area contributed by atoms with Crippen LogP contribution in [-0.4, -0.2) is 82.4 Å². The van der Waals surface area contributed by atoms with E-state index < -0.39 is 59.7 Å². The number of carboxylic acids is 1. The Morgan fingerprint density at radius 3 is 2.31 bits per heavy atom. The Hall–Kier alpha value is -4.92. The van der Waals surface area contributed by atoms with Crippen LogP contribution in [0.25, 0.3) is 11.3 Å². The zero-order valence-electron chi connectivity index (χ0n) is 28.9. The first-order valence-electron chi connectivity index (χ1n) is 16.3. The summed E-state index contributed by atoms with van der Waals surface area (Å²) in [4.78, 5) is 74.4. The average molecular weight is 689 g/mol. The fourth-order valence-electron chi connectivity index (χ4n) is 5.00. The predicted octanol–water partition coefficient (Wildman–Crippen LogP) is 3.89. The maximum Gasteiger partial charge on any atom is 0.329 e. The van der Waals surface area contributed by atoms with Crippen molar-refractivity contribution in [3.8, 4) is 17.1 Å². The van der Waals surface area contributed by atoms with Gasteiger partial charge in [-0.1, -0.05) is 33.1 Å². The van der Waals surface area contributed by atoms with E-state index in [0.717, 1.165) is 19.3 Å². The van der Waals surface area contributed by atoms with Gasteiger partial charge in [-0.15, -0.1) is 0 Å². The molecule has 270 valence electrons. The van der Waals surface area contributed by atoms with Gasteiger partial charge >= 0.3 is 11.9 Å². The normalized spacial score (nSPS) is 13.0. The molecule has 15 nitrogen and oxygen atoms in total. The Bertz CT molecular complexity index is 1450. The standard InChI is InChI=1S/C34H48N4O11/c1-7-10-11-12-24(26(8-2)38(46)20-39)31(43)35-19-36-32(44)28-14-13-27(48-28)21-15-22(17-23(16-21)47-9-3)30(42)37-25(18-29(40)41)33(45)49-34(4,5)6/h13-17,20,24-26,46H,7-12,18-19H2,1-6H3,(H,35,43)(H,36,44)(H,37,42)(H,40,41). The van der Waals surface area contributed by atoms with E-state index >= 15 is 0 Å². The molecule has 2 aromatic rings. The highest BCUT2D eigenvalue weighted by Gasteiger charge is 2.31. The second-order valence-corrected chi connectivity index (χ2v) is 12.3. The van der Waals surface area contributed by atoms with Crippen LogP contribution < -0.4 is 20.7 Å². The van der Waals surface area contributed by atoms with Crippen LogP contribution in [0.2, 0.25) is 0 Å². The van der Waals surface area contributed by atoms with Crippen LogP contribution >= 0.6 is 0 Å². The third-order valence-corrected chi connectivity index (χ3v) is 7.27. The number of nitrogens with zero attached hydrogens (tertiary/aromatic N) is 1. The third-order valence-electron chi connectivity index (χ3n) is 7.27. The van der Waals surface area contributed by atoms with Crippen LogP contribution in [0.15, 0.2) is 34.7 Å². The van der Waals surface area contributed by atoms with Gasteiger partial charge in [0.15, 0.2) is 5.76 Å². The first kappa shape index (κ1) is 40.3. The largest absolute Gasteiger partial charge is 0.494 e. The van der Waals surface area contributed by atoms with Crippen LogP contribution in [0, 0.1) is 5.92 Å². The molecular formula is C34H48N4O11. The van der Waals surface area contributed by atoms with Crippen molar-refractivity contribution in [2.45, 2.75) is 97.8 Å². The van der Waals surface area contributed by atoms with Crippen LogP contribution in [0.4, 0.5) is 0 Å². The molecule has 3 unspecified atom stereocenters. The summed E-state index contributed by atoms with van der Waals surface area (Å²) in [6.45, 7) is 10.4. The summed E-state index contributed by atoms with van der Waals surface area (Å²) in [7, 11) is 0. The number of hydroxylamine groups is 2. The first-order chi connectivity index (χ1) is 23.1. The van der Waals surface area contributed by atoms with Crippen molar-refractivity contribution in [2.24, 2.45) is 5.92 Å². The van der Waals surface area contributed by atoms with Gasteiger partial charge in [0.05, 0.1) is 31.7 Å². The van der Waals surface area contributed by atoms with Crippen molar-refractivity contribution in [3.05, 3.63) is 41.7 Å². The number of benzene rings is 1. The molecule has 1 aromatic heterocycles. The summed E-state index contributed by atoms with van der Waals surface area (Å²) in [5, 5.41) is 27.4. The number of unbranched alkanes of at least 4 members (excludes halogenated alkanes) is 2. The topological polar surface area (TPSA) is 214 Å². The Labute approximate surface area is 285 Å². The first-order valence-corrected chi connectivity index (χ1v) is 16.3. The van der Waals surface area contributed by atoms with Crippen molar-refractivity contribution in [1.82, 2.24) is 21.0 Å². The minimum Gasteiger partial charge on any atom is -0.494 e. The molecule has 15 heteroatoms. The van der Waals surface area contributed by atoms with Gasteiger partial charge in [0, 0.05) is 11.1 Å². The Kier molecular flexibility index (Phi) is 15.7. The lowest BCUT2D eigenvalue weighted by Gasteiger charge is -2.29. The maximum absolute atomic E-state index is 13.2. The second-order valence-electron chi connectivity index (χ2n) is 12.3. The highest BCUT2D eigenvalue weighted by Crippen LogP contribution is 2.28. The number of hydrogen-bond donors (Lipinski definition) is 5. The fraction of sp³-hybridized carbons (Fsp3) is 0.529. The fourth-order valence-corrected chi connectivity index (χ4v) is 5.00. The van der Waals surface area contributed by atoms with Gasteiger partial charge in [-0.3, -0.25) is 29.2 Å². The molecule has 0 aliphatic rings. The Morgan fingerprint density at radius 1 is 1.00 bits per heavy atom. The number of carbonyl (C=O) groups excluding carboxylic acids is 5. The molecule has 0 aliphatic heterocycles. The molecule has 4 amide bonds. The minimum absolute atomic E-state index is 0.0277. The summed E-state index contributed by atoms with van der Waals surface area (Å²) in [5.41, 5.74) is -0.539. The molecule has 2 rings (SSSR count). The number of aliphatic carboxylic acids is 1. The maximum atomic E-state index is 13.2. The van der Waals surface area contributed by atoms with Gasteiger partial charge in [-0.2, -0.15) is 0 Å². The highest BCUT2D eigenvalue weighted by molar-refractivity contribution is 5.99. The Balaban J connectivity index is 2.20. The van der Waals surface area contributed by atoms with Crippen molar-refractivity contribution in [3.63, 3.8) is 0 Å². The zero-order chi connectivity index (χ0) is 36.7. The molecule has 0 saturated heterocycles. The summed E-state index contributed by atoms with van der Waals surface area (Å²) in [6.07, 6.45) is 2.88. The molecule has 1 aromatic carbocycles. The van der Waals surface area contributed by atoms with Gasteiger partial charge in [-0.25, -0.2) is 9.86 Å². The van der Waals surface area contributed by atoms with Gasteiger partial charge < -0.3 is 34.9 Å². The van der Waals surface area contributed by atoms with Crippen molar-refractivity contribution in [1.29, 1.82) is 0 Å². The quantitative estimate of drug-likeness (QED) is 0.0336. The number of nitrogens with one attached hydrogen (secondary N) is 3. The number of rotatable bonds is 20. The lowest BCUT2D eigenvalue weighted by Crippen LogP contribution is -2.47. The highest BCUT2D eigenvalue weighted by atomic mass is 16.6. The van der Waals surface area contributed by atoms with Gasteiger partial charge in [0.1, 0.15) is 23.2 Å². The number of ether oxygens (including phenoxy) is 2. The molecule has 49 heavy (non-hydrogen) atoms. The Morgan fingerprint density at radius 2 is 1.71 bits per heavy atom. The monoisotopic (exact) mass is 688 g/mol.